The lowest BCUT2D eigenvalue weighted by molar-refractivity contribution is -0.132. The number of rotatable bonds is 3. The summed E-state index contributed by atoms with van der Waals surface area (Å²) in [6.45, 7) is 5.12. The van der Waals surface area contributed by atoms with Gasteiger partial charge in [0.05, 0.1) is 0 Å². The van der Waals surface area contributed by atoms with Crippen LogP contribution in [-0.4, -0.2) is 30.9 Å². The summed E-state index contributed by atoms with van der Waals surface area (Å²) in [5.74, 6) is 0.181. The molecule has 102 valence electrons. The zero-order valence-electron chi connectivity index (χ0n) is 12.0. The molecule has 0 aliphatic rings. The molecule has 0 bridgehead atoms. The predicted molar refractivity (Wildman–Crippen MR) is 75.0 cm³/mol. The van der Waals surface area contributed by atoms with Gasteiger partial charge in [-0.05, 0) is 48.7 Å². The summed E-state index contributed by atoms with van der Waals surface area (Å²) in [4.78, 5) is 24.0. The number of carbonyl (C=O) groups is 2. The molecule has 0 saturated carbocycles. The number of aryl methyl sites for hydroxylation is 2. The maximum absolute atomic E-state index is 11.5. The number of nitrogens with zero attached hydrogens (tertiary/aromatic N) is 1. The fourth-order valence-electron chi connectivity index (χ4n) is 1.70. The number of ether oxygens (including phenoxy) is 1. The van der Waals surface area contributed by atoms with Crippen molar-refractivity contribution < 1.29 is 14.3 Å². The Bertz CT molecular complexity index is 507. The fourth-order valence-corrected chi connectivity index (χ4v) is 1.70. The minimum absolute atomic E-state index is 0.0700. The molecule has 0 radical (unpaired) electrons. The highest BCUT2D eigenvalue weighted by Gasteiger charge is 2.08. The second kappa shape index (κ2) is 6.18. The number of hydrogen-bond donors (Lipinski definition) is 0. The molecule has 0 aromatic heterocycles. The van der Waals surface area contributed by atoms with E-state index in [0.29, 0.717) is 5.75 Å². The Morgan fingerprint density at radius 2 is 1.68 bits per heavy atom. The molecule has 0 aliphatic carbocycles. The van der Waals surface area contributed by atoms with Crippen molar-refractivity contribution in [1.29, 1.82) is 0 Å². The van der Waals surface area contributed by atoms with Crippen LogP contribution < -0.4 is 4.74 Å². The first kappa shape index (κ1) is 15.0. The van der Waals surface area contributed by atoms with E-state index in [2.05, 4.69) is 0 Å². The molecule has 0 heterocycles. The van der Waals surface area contributed by atoms with E-state index in [0.717, 1.165) is 16.7 Å². The first-order valence-electron chi connectivity index (χ1n) is 6.00. The minimum atomic E-state index is -0.336. The van der Waals surface area contributed by atoms with Crippen molar-refractivity contribution >= 4 is 18.0 Å². The topological polar surface area (TPSA) is 46.6 Å². The number of esters is 1. The van der Waals surface area contributed by atoms with Gasteiger partial charge in [0.1, 0.15) is 5.75 Å². The lowest BCUT2D eigenvalue weighted by Gasteiger charge is -2.10. The normalized spacial score (nSPS) is 10.6. The molecule has 0 fully saturated rings. The van der Waals surface area contributed by atoms with Crippen LogP contribution in [0.25, 0.3) is 6.08 Å². The van der Waals surface area contributed by atoms with Crippen molar-refractivity contribution in [2.45, 2.75) is 20.8 Å². The van der Waals surface area contributed by atoms with E-state index in [-0.39, 0.29) is 11.9 Å². The van der Waals surface area contributed by atoms with Crippen LogP contribution in [0.15, 0.2) is 18.2 Å². The zero-order valence-corrected chi connectivity index (χ0v) is 12.0. The first-order chi connectivity index (χ1) is 8.81. The van der Waals surface area contributed by atoms with Gasteiger partial charge in [-0.3, -0.25) is 9.59 Å². The van der Waals surface area contributed by atoms with Gasteiger partial charge in [0.2, 0.25) is 5.91 Å². The molecule has 4 nitrogen and oxygen atoms in total. The van der Waals surface area contributed by atoms with E-state index in [4.69, 9.17) is 4.74 Å². The molecule has 0 N–H and O–H groups in total. The molecule has 0 spiro atoms. The van der Waals surface area contributed by atoms with E-state index >= 15 is 0 Å². The summed E-state index contributed by atoms with van der Waals surface area (Å²) in [7, 11) is 3.40. The lowest BCUT2D eigenvalue weighted by atomic mass is 10.1. The molecular weight excluding hydrogens is 242 g/mol. The van der Waals surface area contributed by atoms with Crippen molar-refractivity contribution in [3.8, 4) is 5.75 Å². The van der Waals surface area contributed by atoms with Crippen LogP contribution in [-0.2, 0) is 9.59 Å². The van der Waals surface area contributed by atoms with E-state index in [1.165, 1.54) is 17.9 Å². The van der Waals surface area contributed by atoms with Crippen LogP contribution in [0.4, 0.5) is 0 Å². The SMILES string of the molecule is CC(=O)Oc1c(C)cc(/C=C/C(=O)N(C)C)cc1C. The quantitative estimate of drug-likeness (QED) is 0.476. The van der Waals surface area contributed by atoms with Gasteiger partial charge in [0.25, 0.3) is 0 Å². The van der Waals surface area contributed by atoms with E-state index in [9.17, 15) is 9.59 Å². The Labute approximate surface area is 113 Å². The van der Waals surface area contributed by atoms with Gasteiger partial charge >= 0.3 is 5.97 Å². The average Bonchev–Trinajstić information content (AvgIpc) is 2.30. The summed E-state index contributed by atoms with van der Waals surface area (Å²) in [6, 6.07) is 3.76. The molecule has 1 amide bonds. The van der Waals surface area contributed by atoms with Gasteiger partial charge in [-0.15, -0.1) is 0 Å². The molecule has 1 rings (SSSR count). The number of amides is 1. The molecule has 0 unspecified atom stereocenters. The van der Waals surface area contributed by atoms with Crippen molar-refractivity contribution in [2.24, 2.45) is 0 Å². The third-order valence-electron chi connectivity index (χ3n) is 2.59. The predicted octanol–water partition coefficient (Wildman–Crippen LogP) is 2.33. The molecule has 0 atom stereocenters. The van der Waals surface area contributed by atoms with Crippen molar-refractivity contribution in [3.63, 3.8) is 0 Å². The minimum Gasteiger partial charge on any atom is -0.426 e. The molecular formula is C15H19NO3. The van der Waals surface area contributed by atoms with Gasteiger partial charge in [-0.2, -0.15) is 0 Å². The Hall–Kier alpha value is -2.10. The molecule has 4 heteroatoms. The second-order valence-electron chi connectivity index (χ2n) is 4.64. The average molecular weight is 261 g/mol. The highest BCUT2D eigenvalue weighted by Crippen LogP contribution is 2.25. The summed E-state index contributed by atoms with van der Waals surface area (Å²) in [6.07, 6.45) is 3.26. The summed E-state index contributed by atoms with van der Waals surface area (Å²) in [5, 5.41) is 0. The smallest absolute Gasteiger partial charge is 0.308 e. The van der Waals surface area contributed by atoms with Crippen LogP contribution in [0, 0.1) is 13.8 Å². The first-order valence-corrected chi connectivity index (χ1v) is 6.00. The van der Waals surface area contributed by atoms with Gasteiger partial charge < -0.3 is 9.64 Å². The monoisotopic (exact) mass is 261 g/mol. The van der Waals surface area contributed by atoms with Crippen LogP contribution in [0.5, 0.6) is 5.75 Å². The molecule has 1 aromatic rings. The number of carbonyl (C=O) groups excluding carboxylic acids is 2. The summed E-state index contributed by atoms with van der Waals surface area (Å²) in [5.41, 5.74) is 2.64. The third-order valence-corrected chi connectivity index (χ3v) is 2.59. The Morgan fingerprint density at radius 3 is 2.11 bits per heavy atom. The highest BCUT2D eigenvalue weighted by atomic mass is 16.5. The molecule has 0 saturated heterocycles. The van der Waals surface area contributed by atoms with Gasteiger partial charge in [0.15, 0.2) is 0 Å². The number of hydrogen-bond acceptors (Lipinski definition) is 3. The Morgan fingerprint density at radius 1 is 1.16 bits per heavy atom. The Balaban J connectivity index is 3.01. The third kappa shape index (κ3) is 4.25. The van der Waals surface area contributed by atoms with Crippen LogP contribution in [0.1, 0.15) is 23.6 Å². The standard InChI is InChI=1S/C15H19NO3/c1-10-8-13(6-7-14(18)16(4)5)9-11(2)15(10)19-12(3)17/h6-9H,1-5H3/b7-6+. The van der Waals surface area contributed by atoms with Crippen molar-refractivity contribution in [2.75, 3.05) is 14.1 Å². The summed E-state index contributed by atoms with van der Waals surface area (Å²) >= 11 is 0. The van der Waals surface area contributed by atoms with E-state index < -0.39 is 0 Å². The molecule has 19 heavy (non-hydrogen) atoms. The number of likely N-dealkylation sites (N-methyl/N-ethyl adjacent to an activating group) is 1. The molecule has 0 aliphatic heterocycles. The van der Waals surface area contributed by atoms with E-state index in [1.54, 1.807) is 20.2 Å². The lowest BCUT2D eigenvalue weighted by Crippen LogP contribution is -2.18. The highest BCUT2D eigenvalue weighted by molar-refractivity contribution is 5.91. The Kier molecular flexibility index (Phi) is 4.87. The van der Waals surface area contributed by atoms with Crippen molar-refractivity contribution in [3.05, 3.63) is 34.9 Å². The largest absolute Gasteiger partial charge is 0.426 e. The number of benzene rings is 1. The van der Waals surface area contributed by atoms with Gasteiger partial charge in [-0.25, -0.2) is 0 Å². The second-order valence-corrected chi connectivity index (χ2v) is 4.64. The maximum atomic E-state index is 11.5. The van der Waals surface area contributed by atoms with Crippen LogP contribution >= 0.6 is 0 Å². The van der Waals surface area contributed by atoms with Gasteiger partial charge in [-0.1, -0.05) is 0 Å². The van der Waals surface area contributed by atoms with E-state index in [1.807, 2.05) is 26.0 Å². The van der Waals surface area contributed by atoms with Gasteiger partial charge in [0, 0.05) is 27.1 Å². The fraction of sp³-hybridized carbons (Fsp3) is 0.333. The summed E-state index contributed by atoms with van der Waals surface area (Å²) < 4.78 is 5.16. The zero-order chi connectivity index (χ0) is 14.6. The van der Waals surface area contributed by atoms with Crippen molar-refractivity contribution in [1.82, 2.24) is 4.90 Å². The van der Waals surface area contributed by atoms with Crippen LogP contribution in [0.3, 0.4) is 0 Å². The van der Waals surface area contributed by atoms with Crippen LogP contribution in [0.2, 0.25) is 0 Å². The maximum Gasteiger partial charge on any atom is 0.308 e. The molecule has 1 aromatic carbocycles.